The number of hydrogen-bond acceptors (Lipinski definition) is 3. The van der Waals surface area contributed by atoms with E-state index >= 15 is 0 Å². The van der Waals surface area contributed by atoms with Crippen LogP contribution in [0.3, 0.4) is 0 Å². The van der Waals surface area contributed by atoms with E-state index in [4.69, 9.17) is 5.73 Å². The number of rotatable bonds is 3. The summed E-state index contributed by atoms with van der Waals surface area (Å²) in [5, 5.41) is 0. The molecule has 0 radical (unpaired) electrons. The van der Waals surface area contributed by atoms with Crippen LogP contribution in [0.25, 0.3) is 5.65 Å². The molecule has 4 nitrogen and oxygen atoms in total. The van der Waals surface area contributed by atoms with Crippen LogP contribution in [-0.4, -0.2) is 19.9 Å². The van der Waals surface area contributed by atoms with Crippen LogP contribution in [0, 0.1) is 6.92 Å². The van der Waals surface area contributed by atoms with Crippen molar-refractivity contribution in [2.75, 3.05) is 0 Å². The summed E-state index contributed by atoms with van der Waals surface area (Å²) >= 11 is 0. The molecule has 1 saturated carbocycles. The second-order valence-electron chi connectivity index (χ2n) is 4.85. The molecule has 84 valence electrons. The molecule has 1 aliphatic carbocycles. The maximum atomic E-state index is 6.09. The van der Waals surface area contributed by atoms with E-state index in [0.29, 0.717) is 0 Å². The topological polar surface area (TPSA) is 56.2 Å². The monoisotopic (exact) mass is 216 g/mol. The molecule has 0 amide bonds. The van der Waals surface area contributed by atoms with Crippen molar-refractivity contribution in [3.8, 4) is 0 Å². The molecule has 0 spiro atoms. The summed E-state index contributed by atoms with van der Waals surface area (Å²) in [4.78, 5) is 8.91. The SMILES string of the molecule is Cc1cn2ccnc(CCC3(N)CC3)c2n1. The lowest BCUT2D eigenvalue weighted by Gasteiger charge is -2.07. The first kappa shape index (κ1) is 9.78. The molecule has 0 saturated heterocycles. The summed E-state index contributed by atoms with van der Waals surface area (Å²) < 4.78 is 2.04. The lowest BCUT2D eigenvalue weighted by atomic mass is 10.1. The van der Waals surface area contributed by atoms with Crippen LogP contribution in [0.2, 0.25) is 0 Å². The van der Waals surface area contributed by atoms with Crippen LogP contribution in [0.5, 0.6) is 0 Å². The van der Waals surface area contributed by atoms with Crippen molar-refractivity contribution < 1.29 is 0 Å². The Balaban J connectivity index is 1.90. The minimum Gasteiger partial charge on any atom is -0.325 e. The minimum atomic E-state index is 0.0934. The van der Waals surface area contributed by atoms with E-state index in [1.54, 1.807) is 0 Å². The number of hydrogen-bond donors (Lipinski definition) is 1. The van der Waals surface area contributed by atoms with Gasteiger partial charge in [0.15, 0.2) is 5.65 Å². The summed E-state index contributed by atoms with van der Waals surface area (Å²) in [6, 6.07) is 0. The van der Waals surface area contributed by atoms with Crippen molar-refractivity contribution in [3.63, 3.8) is 0 Å². The van der Waals surface area contributed by atoms with E-state index in [9.17, 15) is 0 Å². The molecule has 3 rings (SSSR count). The molecular formula is C12H16N4. The summed E-state index contributed by atoms with van der Waals surface area (Å²) in [6.07, 6.45) is 10.1. The van der Waals surface area contributed by atoms with Gasteiger partial charge in [0, 0.05) is 24.1 Å². The predicted octanol–water partition coefficient (Wildman–Crippen LogP) is 1.46. The van der Waals surface area contributed by atoms with Crippen LogP contribution in [0.15, 0.2) is 18.6 Å². The fourth-order valence-corrected chi connectivity index (χ4v) is 2.05. The zero-order valence-corrected chi connectivity index (χ0v) is 9.48. The third kappa shape index (κ3) is 1.69. The maximum Gasteiger partial charge on any atom is 0.158 e. The first-order valence-electron chi connectivity index (χ1n) is 5.74. The largest absolute Gasteiger partial charge is 0.325 e. The van der Waals surface area contributed by atoms with E-state index in [2.05, 4.69) is 9.97 Å². The molecule has 1 fully saturated rings. The van der Waals surface area contributed by atoms with Gasteiger partial charge in [0.25, 0.3) is 0 Å². The van der Waals surface area contributed by atoms with Gasteiger partial charge in [0.05, 0.1) is 11.4 Å². The highest BCUT2D eigenvalue weighted by Gasteiger charge is 2.37. The van der Waals surface area contributed by atoms with E-state index in [1.165, 1.54) is 0 Å². The molecular weight excluding hydrogens is 200 g/mol. The van der Waals surface area contributed by atoms with Gasteiger partial charge in [0.2, 0.25) is 0 Å². The van der Waals surface area contributed by atoms with E-state index in [1.807, 2.05) is 29.9 Å². The van der Waals surface area contributed by atoms with Crippen molar-refractivity contribution in [3.05, 3.63) is 30.0 Å². The van der Waals surface area contributed by atoms with Crippen molar-refractivity contribution in [2.24, 2.45) is 5.73 Å². The molecule has 0 bridgehead atoms. The smallest absolute Gasteiger partial charge is 0.158 e. The fraction of sp³-hybridized carbons (Fsp3) is 0.500. The van der Waals surface area contributed by atoms with Crippen molar-refractivity contribution >= 4 is 5.65 Å². The number of fused-ring (bicyclic) bond motifs is 1. The van der Waals surface area contributed by atoms with E-state index in [0.717, 1.165) is 42.7 Å². The molecule has 0 unspecified atom stereocenters. The number of imidazole rings is 1. The van der Waals surface area contributed by atoms with Gasteiger partial charge in [-0.15, -0.1) is 0 Å². The lowest BCUT2D eigenvalue weighted by Crippen LogP contribution is -2.22. The molecule has 1 aliphatic rings. The fourth-order valence-electron chi connectivity index (χ4n) is 2.05. The van der Waals surface area contributed by atoms with Crippen molar-refractivity contribution in [2.45, 2.75) is 38.1 Å². The third-order valence-electron chi connectivity index (χ3n) is 3.32. The minimum absolute atomic E-state index is 0.0934. The highest BCUT2D eigenvalue weighted by Crippen LogP contribution is 2.36. The van der Waals surface area contributed by atoms with Gasteiger partial charge in [-0.25, -0.2) is 4.98 Å². The Hall–Kier alpha value is -1.42. The number of aryl methyl sites for hydroxylation is 2. The highest BCUT2D eigenvalue weighted by molar-refractivity contribution is 5.45. The average Bonchev–Trinajstić information content (AvgIpc) is 2.86. The maximum absolute atomic E-state index is 6.09. The Morgan fingerprint density at radius 3 is 3.06 bits per heavy atom. The van der Waals surface area contributed by atoms with E-state index < -0.39 is 0 Å². The first-order valence-corrected chi connectivity index (χ1v) is 5.74. The molecule has 2 heterocycles. The Morgan fingerprint density at radius 2 is 2.31 bits per heavy atom. The second kappa shape index (κ2) is 3.28. The van der Waals surface area contributed by atoms with Gasteiger partial charge in [-0.1, -0.05) is 0 Å². The molecule has 0 aliphatic heterocycles. The van der Waals surface area contributed by atoms with Crippen LogP contribution in [-0.2, 0) is 6.42 Å². The van der Waals surface area contributed by atoms with Crippen molar-refractivity contribution in [1.82, 2.24) is 14.4 Å². The normalized spacial score (nSPS) is 17.9. The Kier molecular flexibility index (Phi) is 2.01. The number of aromatic nitrogens is 3. The van der Waals surface area contributed by atoms with Crippen LogP contribution in [0.1, 0.15) is 30.7 Å². The zero-order chi connectivity index (χ0) is 11.2. The molecule has 0 aromatic carbocycles. The lowest BCUT2D eigenvalue weighted by molar-refractivity contribution is 0.603. The van der Waals surface area contributed by atoms with Gasteiger partial charge < -0.3 is 10.1 Å². The molecule has 2 aromatic heterocycles. The molecule has 4 heteroatoms. The zero-order valence-electron chi connectivity index (χ0n) is 9.48. The van der Waals surface area contributed by atoms with Gasteiger partial charge in [-0.3, -0.25) is 4.98 Å². The van der Waals surface area contributed by atoms with Crippen molar-refractivity contribution in [1.29, 1.82) is 0 Å². The summed E-state index contributed by atoms with van der Waals surface area (Å²) in [6.45, 7) is 2.00. The van der Waals surface area contributed by atoms with Gasteiger partial charge in [-0.05, 0) is 32.6 Å². The number of nitrogens with two attached hydrogens (primary N) is 1. The summed E-state index contributed by atoms with van der Waals surface area (Å²) in [7, 11) is 0. The quantitative estimate of drug-likeness (QED) is 0.845. The molecule has 16 heavy (non-hydrogen) atoms. The highest BCUT2D eigenvalue weighted by atomic mass is 15.0. The Labute approximate surface area is 94.5 Å². The summed E-state index contributed by atoms with van der Waals surface area (Å²) in [5.74, 6) is 0. The van der Waals surface area contributed by atoms with Gasteiger partial charge in [-0.2, -0.15) is 0 Å². The number of nitrogens with zero attached hydrogens (tertiary/aromatic N) is 3. The van der Waals surface area contributed by atoms with Gasteiger partial charge >= 0.3 is 0 Å². The van der Waals surface area contributed by atoms with Crippen LogP contribution in [0.4, 0.5) is 0 Å². The molecule has 0 atom stereocenters. The molecule has 2 N–H and O–H groups in total. The third-order valence-corrected chi connectivity index (χ3v) is 3.32. The predicted molar refractivity (Wildman–Crippen MR) is 62.2 cm³/mol. The summed E-state index contributed by atoms with van der Waals surface area (Å²) in [5.41, 5.74) is 9.25. The Morgan fingerprint density at radius 1 is 1.50 bits per heavy atom. The molecule has 2 aromatic rings. The average molecular weight is 216 g/mol. The van der Waals surface area contributed by atoms with Gasteiger partial charge in [0.1, 0.15) is 0 Å². The Bertz CT molecular complexity index is 525. The first-order chi connectivity index (χ1) is 7.66. The van der Waals surface area contributed by atoms with Crippen LogP contribution < -0.4 is 5.73 Å². The standard InChI is InChI=1S/C12H16N4/c1-9-8-16-7-6-14-10(11(16)15-9)2-3-12(13)4-5-12/h6-8H,2-5,13H2,1H3. The second-order valence-corrected chi connectivity index (χ2v) is 4.85. The van der Waals surface area contributed by atoms with E-state index in [-0.39, 0.29) is 5.54 Å². The van der Waals surface area contributed by atoms with Crippen LogP contribution >= 0.6 is 0 Å².